The third-order valence-electron chi connectivity index (χ3n) is 3.31. The number of aromatic nitrogens is 1. The van der Waals surface area contributed by atoms with Crippen molar-refractivity contribution in [1.82, 2.24) is 4.98 Å². The Morgan fingerprint density at radius 1 is 1.33 bits per heavy atom. The molecule has 1 heterocycles. The first kappa shape index (κ1) is 18.1. The van der Waals surface area contributed by atoms with Crippen LogP contribution in [0.15, 0.2) is 30.5 Å². The number of nitrogens with one attached hydrogen (secondary N) is 1. The second kappa shape index (κ2) is 8.03. The van der Waals surface area contributed by atoms with Gasteiger partial charge in [0.2, 0.25) is 0 Å². The van der Waals surface area contributed by atoms with Crippen LogP contribution in [0.3, 0.4) is 0 Å². The maximum atomic E-state index is 12.3. The third kappa shape index (κ3) is 4.62. The first-order valence-corrected chi connectivity index (χ1v) is 8.44. The largest absolute Gasteiger partial charge is 0.448 e. The van der Waals surface area contributed by atoms with Crippen LogP contribution < -0.4 is 5.32 Å². The van der Waals surface area contributed by atoms with E-state index in [0.717, 1.165) is 16.9 Å². The van der Waals surface area contributed by atoms with Gasteiger partial charge in [-0.2, -0.15) is 0 Å². The van der Waals surface area contributed by atoms with Crippen LogP contribution in [0.5, 0.6) is 0 Å². The van der Waals surface area contributed by atoms with E-state index in [1.807, 2.05) is 19.1 Å². The van der Waals surface area contributed by atoms with Crippen molar-refractivity contribution >= 4 is 28.9 Å². The van der Waals surface area contributed by atoms with Crippen LogP contribution in [0.1, 0.15) is 46.6 Å². The molecule has 1 aromatic heterocycles. The SMILES string of the molecule is CCC(OC(=O)c1cnc(C(C)O)s1)C(=O)Nc1ccc(C)cc1. The molecule has 0 saturated heterocycles. The number of nitrogens with zero attached hydrogens (tertiary/aromatic N) is 1. The molecule has 1 amide bonds. The minimum Gasteiger partial charge on any atom is -0.448 e. The molecule has 0 spiro atoms. The van der Waals surface area contributed by atoms with Crippen LogP contribution in [0, 0.1) is 6.92 Å². The van der Waals surface area contributed by atoms with E-state index in [4.69, 9.17) is 4.74 Å². The number of carbonyl (C=O) groups is 2. The van der Waals surface area contributed by atoms with Crippen LogP contribution in [0.2, 0.25) is 0 Å². The predicted octanol–water partition coefficient (Wildman–Crippen LogP) is 3.08. The minimum atomic E-state index is -0.893. The van der Waals surface area contributed by atoms with Crippen molar-refractivity contribution < 1.29 is 19.4 Å². The lowest BCUT2D eigenvalue weighted by Gasteiger charge is -2.15. The number of ether oxygens (including phenoxy) is 1. The molecule has 0 bridgehead atoms. The van der Waals surface area contributed by atoms with Gasteiger partial charge in [-0.25, -0.2) is 9.78 Å². The fourth-order valence-corrected chi connectivity index (χ4v) is 2.68. The number of rotatable bonds is 6. The monoisotopic (exact) mass is 348 g/mol. The Morgan fingerprint density at radius 2 is 2.00 bits per heavy atom. The molecular weight excluding hydrogens is 328 g/mol. The number of thiazole rings is 1. The highest BCUT2D eigenvalue weighted by Gasteiger charge is 2.23. The number of amides is 1. The first-order valence-electron chi connectivity index (χ1n) is 7.63. The van der Waals surface area contributed by atoms with E-state index in [0.29, 0.717) is 17.1 Å². The van der Waals surface area contributed by atoms with Crippen LogP contribution in [-0.2, 0) is 9.53 Å². The summed E-state index contributed by atoms with van der Waals surface area (Å²) in [5.74, 6) is -1.000. The molecular formula is C17H20N2O4S. The van der Waals surface area contributed by atoms with Gasteiger partial charge < -0.3 is 15.2 Å². The number of esters is 1. The Kier molecular flexibility index (Phi) is 6.05. The van der Waals surface area contributed by atoms with Crippen LogP contribution in [0.4, 0.5) is 5.69 Å². The highest BCUT2D eigenvalue weighted by Crippen LogP contribution is 2.21. The third-order valence-corrected chi connectivity index (χ3v) is 4.46. The number of hydrogen-bond acceptors (Lipinski definition) is 6. The van der Waals surface area contributed by atoms with Gasteiger partial charge in [0.1, 0.15) is 16.0 Å². The molecule has 2 atom stereocenters. The standard InChI is InChI=1S/C17H20N2O4S/c1-4-13(15(21)19-12-7-5-10(2)6-8-12)23-17(22)14-9-18-16(24-14)11(3)20/h5-9,11,13,20H,4H2,1-3H3,(H,19,21). The average Bonchev–Trinajstić information content (AvgIpc) is 3.05. The molecule has 0 aliphatic carbocycles. The van der Waals surface area contributed by atoms with Crippen molar-refractivity contribution in [1.29, 1.82) is 0 Å². The van der Waals surface area contributed by atoms with Gasteiger partial charge in [0, 0.05) is 5.69 Å². The first-order chi connectivity index (χ1) is 11.4. The van der Waals surface area contributed by atoms with E-state index in [9.17, 15) is 14.7 Å². The number of benzene rings is 1. The average molecular weight is 348 g/mol. The Labute approximate surface area is 144 Å². The fraction of sp³-hybridized carbons (Fsp3) is 0.353. The zero-order valence-electron chi connectivity index (χ0n) is 13.8. The van der Waals surface area contributed by atoms with Crippen molar-refractivity contribution in [2.45, 2.75) is 39.4 Å². The highest BCUT2D eigenvalue weighted by atomic mass is 32.1. The van der Waals surface area contributed by atoms with Crippen molar-refractivity contribution in [2.75, 3.05) is 5.32 Å². The Morgan fingerprint density at radius 3 is 2.54 bits per heavy atom. The van der Waals surface area contributed by atoms with Gasteiger partial charge in [-0.3, -0.25) is 4.79 Å². The highest BCUT2D eigenvalue weighted by molar-refractivity contribution is 7.13. The summed E-state index contributed by atoms with van der Waals surface area (Å²) in [6, 6.07) is 7.36. The summed E-state index contributed by atoms with van der Waals surface area (Å²) in [5, 5.41) is 12.6. The second-order valence-corrected chi connectivity index (χ2v) is 6.46. The van der Waals surface area contributed by atoms with Gasteiger partial charge in [-0.05, 0) is 32.4 Å². The number of aryl methyl sites for hydroxylation is 1. The van der Waals surface area contributed by atoms with Crippen LogP contribution >= 0.6 is 11.3 Å². The molecule has 7 heteroatoms. The molecule has 0 aliphatic rings. The molecule has 0 radical (unpaired) electrons. The van der Waals surface area contributed by atoms with Crippen molar-refractivity contribution in [2.24, 2.45) is 0 Å². The molecule has 6 nitrogen and oxygen atoms in total. The van der Waals surface area contributed by atoms with Crippen LogP contribution in [0.25, 0.3) is 0 Å². The van der Waals surface area contributed by atoms with E-state index in [-0.39, 0.29) is 10.8 Å². The van der Waals surface area contributed by atoms with Gasteiger partial charge in [-0.1, -0.05) is 24.6 Å². The number of hydrogen-bond donors (Lipinski definition) is 2. The number of aliphatic hydroxyl groups excluding tert-OH is 1. The Balaban J connectivity index is 2.00. The van der Waals surface area contributed by atoms with Crippen molar-refractivity contribution in [3.8, 4) is 0 Å². The fourth-order valence-electron chi connectivity index (χ4n) is 1.94. The zero-order valence-corrected chi connectivity index (χ0v) is 14.6. The second-order valence-electron chi connectivity index (χ2n) is 5.40. The van der Waals surface area contributed by atoms with E-state index >= 15 is 0 Å². The molecule has 0 fully saturated rings. The summed E-state index contributed by atoms with van der Waals surface area (Å²) >= 11 is 1.05. The summed E-state index contributed by atoms with van der Waals surface area (Å²) in [4.78, 5) is 28.6. The van der Waals surface area contributed by atoms with Gasteiger partial charge in [-0.15, -0.1) is 11.3 Å². The summed E-state index contributed by atoms with van der Waals surface area (Å²) in [6.45, 7) is 5.29. The lowest BCUT2D eigenvalue weighted by Crippen LogP contribution is -2.31. The number of aliphatic hydroxyl groups is 1. The van der Waals surface area contributed by atoms with E-state index in [2.05, 4.69) is 10.3 Å². The number of anilines is 1. The summed E-state index contributed by atoms with van der Waals surface area (Å²) in [7, 11) is 0. The minimum absolute atomic E-state index is 0.257. The Hall–Kier alpha value is -2.25. The Bertz CT molecular complexity index is 710. The van der Waals surface area contributed by atoms with E-state index < -0.39 is 18.2 Å². The molecule has 2 unspecified atom stereocenters. The maximum Gasteiger partial charge on any atom is 0.350 e. The van der Waals surface area contributed by atoms with Gasteiger partial charge in [0.15, 0.2) is 6.10 Å². The molecule has 128 valence electrons. The topological polar surface area (TPSA) is 88.5 Å². The molecule has 2 N–H and O–H groups in total. The van der Waals surface area contributed by atoms with E-state index in [1.54, 1.807) is 26.0 Å². The maximum absolute atomic E-state index is 12.3. The number of carbonyl (C=O) groups excluding carboxylic acids is 2. The zero-order chi connectivity index (χ0) is 17.7. The smallest absolute Gasteiger partial charge is 0.350 e. The summed E-state index contributed by atoms with van der Waals surface area (Å²) < 4.78 is 5.27. The lowest BCUT2D eigenvalue weighted by atomic mass is 10.2. The van der Waals surface area contributed by atoms with E-state index in [1.165, 1.54) is 6.20 Å². The lowest BCUT2D eigenvalue weighted by molar-refractivity contribution is -0.124. The van der Waals surface area contributed by atoms with Crippen molar-refractivity contribution in [3.05, 3.63) is 45.9 Å². The predicted molar refractivity (Wildman–Crippen MR) is 92.1 cm³/mol. The van der Waals surface area contributed by atoms with Gasteiger partial charge in [0.05, 0.1) is 6.20 Å². The molecule has 0 aliphatic heterocycles. The quantitative estimate of drug-likeness (QED) is 0.783. The summed E-state index contributed by atoms with van der Waals surface area (Å²) in [6.07, 6.45) is 0.0600. The molecule has 0 saturated carbocycles. The van der Waals surface area contributed by atoms with Crippen LogP contribution in [-0.4, -0.2) is 28.1 Å². The normalized spacial score (nSPS) is 13.2. The molecule has 2 aromatic rings. The van der Waals surface area contributed by atoms with Gasteiger partial charge in [0.25, 0.3) is 5.91 Å². The molecule has 1 aromatic carbocycles. The molecule has 2 rings (SSSR count). The van der Waals surface area contributed by atoms with Crippen molar-refractivity contribution in [3.63, 3.8) is 0 Å². The molecule has 24 heavy (non-hydrogen) atoms. The summed E-state index contributed by atoms with van der Waals surface area (Å²) in [5.41, 5.74) is 1.74. The van der Waals surface area contributed by atoms with Gasteiger partial charge >= 0.3 is 5.97 Å².